The van der Waals surface area contributed by atoms with Gasteiger partial charge in [-0.1, -0.05) is 6.07 Å². The fourth-order valence-electron chi connectivity index (χ4n) is 2.08. The second-order valence-electron chi connectivity index (χ2n) is 5.03. The number of halogens is 1. The van der Waals surface area contributed by atoms with Gasteiger partial charge in [-0.25, -0.2) is 9.18 Å². The third-order valence-electron chi connectivity index (χ3n) is 3.28. The highest BCUT2D eigenvalue weighted by atomic mass is 19.1. The van der Waals surface area contributed by atoms with E-state index in [1.807, 2.05) is 0 Å². The lowest BCUT2D eigenvalue weighted by Gasteiger charge is -2.08. The predicted octanol–water partition coefficient (Wildman–Crippen LogP) is 3.38. The molecule has 0 radical (unpaired) electrons. The van der Waals surface area contributed by atoms with Gasteiger partial charge in [0.2, 0.25) is 0 Å². The molecule has 1 aliphatic carbocycles. The molecule has 0 spiro atoms. The van der Waals surface area contributed by atoms with Crippen molar-refractivity contribution < 1.29 is 9.18 Å². The Morgan fingerprint density at radius 3 is 2.80 bits per heavy atom. The molecule has 3 rings (SSSR count). The Kier molecular flexibility index (Phi) is 3.14. The van der Waals surface area contributed by atoms with Gasteiger partial charge in [0.25, 0.3) is 0 Å². The number of anilines is 2. The van der Waals surface area contributed by atoms with E-state index >= 15 is 0 Å². The van der Waals surface area contributed by atoms with Crippen molar-refractivity contribution in [2.75, 3.05) is 10.6 Å². The average molecular weight is 274 g/mol. The van der Waals surface area contributed by atoms with Crippen LogP contribution in [0.3, 0.4) is 0 Å². The summed E-state index contributed by atoms with van der Waals surface area (Å²) in [6, 6.07) is 4.19. The van der Waals surface area contributed by atoms with Crippen LogP contribution in [-0.4, -0.2) is 16.2 Å². The smallest absolute Gasteiger partial charge is 0.305 e. The first-order valence-corrected chi connectivity index (χ1v) is 6.51. The van der Waals surface area contributed by atoms with Gasteiger partial charge in [0.05, 0.1) is 23.3 Å². The number of carbonyl (C=O) groups excluding carboxylic acids is 1. The third-order valence-corrected chi connectivity index (χ3v) is 3.28. The standard InChI is InChI=1S/C14H15FN4O/c1-8-2-5-11(10(15)6-8)17-14(20)18-12-7-16-19-13(12)9-3-4-9/h2,5-7,9H,3-4H2,1H3,(H,16,19)(H2,17,18,20). The highest BCUT2D eigenvalue weighted by Crippen LogP contribution is 2.42. The fraction of sp³-hybridized carbons (Fsp3) is 0.286. The minimum atomic E-state index is -0.476. The van der Waals surface area contributed by atoms with Crippen molar-refractivity contribution in [3.8, 4) is 0 Å². The summed E-state index contributed by atoms with van der Waals surface area (Å²) in [4.78, 5) is 11.9. The summed E-state index contributed by atoms with van der Waals surface area (Å²) in [5.74, 6) is -0.00123. The minimum absolute atomic E-state index is 0.157. The first-order chi connectivity index (χ1) is 9.63. The number of nitrogens with one attached hydrogen (secondary N) is 3. The van der Waals surface area contributed by atoms with E-state index in [0.29, 0.717) is 11.6 Å². The molecule has 1 fully saturated rings. The summed E-state index contributed by atoms with van der Waals surface area (Å²) in [7, 11) is 0. The van der Waals surface area contributed by atoms with Gasteiger partial charge in [-0.15, -0.1) is 0 Å². The van der Waals surface area contributed by atoms with Gasteiger partial charge in [0.15, 0.2) is 0 Å². The molecular weight excluding hydrogens is 259 g/mol. The van der Waals surface area contributed by atoms with Gasteiger partial charge in [-0.2, -0.15) is 5.10 Å². The normalized spacial score (nSPS) is 14.1. The lowest BCUT2D eigenvalue weighted by molar-refractivity contribution is 0.262. The molecule has 0 atom stereocenters. The van der Waals surface area contributed by atoms with E-state index in [1.165, 1.54) is 6.07 Å². The summed E-state index contributed by atoms with van der Waals surface area (Å²) in [5, 5.41) is 12.0. The van der Waals surface area contributed by atoms with E-state index in [1.54, 1.807) is 25.3 Å². The highest BCUT2D eigenvalue weighted by molar-refractivity contribution is 6.00. The van der Waals surface area contributed by atoms with Crippen LogP contribution in [0.2, 0.25) is 0 Å². The van der Waals surface area contributed by atoms with Crippen molar-refractivity contribution in [1.29, 1.82) is 0 Å². The zero-order chi connectivity index (χ0) is 14.1. The molecule has 0 saturated heterocycles. The number of urea groups is 1. The van der Waals surface area contributed by atoms with Crippen molar-refractivity contribution in [2.45, 2.75) is 25.7 Å². The number of benzene rings is 1. The molecule has 1 heterocycles. The second kappa shape index (κ2) is 4.96. The molecule has 1 saturated carbocycles. The monoisotopic (exact) mass is 274 g/mol. The molecule has 0 unspecified atom stereocenters. The first-order valence-electron chi connectivity index (χ1n) is 6.51. The maximum absolute atomic E-state index is 13.6. The second-order valence-corrected chi connectivity index (χ2v) is 5.03. The zero-order valence-corrected chi connectivity index (χ0v) is 11.0. The number of hydrogen-bond acceptors (Lipinski definition) is 2. The molecule has 5 nitrogen and oxygen atoms in total. The van der Waals surface area contributed by atoms with Crippen molar-refractivity contribution >= 4 is 17.4 Å². The molecule has 1 aliphatic rings. The molecule has 2 aromatic rings. The zero-order valence-electron chi connectivity index (χ0n) is 11.0. The van der Waals surface area contributed by atoms with E-state index in [0.717, 1.165) is 24.1 Å². The predicted molar refractivity (Wildman–Crippen MR) is 74.3 cm³/mol. The molecule has 20 heavy (non-hydrogen) atoms. The van der Waals surface area contributed by atoms with E-state index < -0.39 is 11.8 Å². The molecular formula is C14H15FN4O. The lowest BCUT2D eigenvalue weighted by atomic mass is 10.2. The van der Waals surface area contributed by atoms with E-state index in [2.05, 4.69) is 20.8 Å². The van der Waals surface area contributed by atoms with Crippen molar-refractivity contribution in [1.82, 2.24) is 10.2 Å². The first kappa shape index (κ1) is 12.7. The van der Waals surface area contributed by atoms with Crippen LogP contribution in [0, 0.1) is 12.7 Å². The lowest BCUT2D eigenvalue weighted by Crippen LogP contribution is -2.20. The maximum Gasteiger partial charge on any atom is 0.323 e. The molecule has 0 aliphatic heterocycles. The Morgan fingerprint density at radius 1 is 1.35 bits per heavy atom. The molecule has 2 amide bonds. The number of aromatic nitrogens is 2. The highest BCUT2D eigenvalue weighted by Gasteiger charge is 2.28. The summed E-state index contributed by atoms with van der Waals surface area (Å²) < 4.78 is 13.6. The summed E-state index contributed by atoms with van der Waals surface area (Å²) in [5.41, 5.74) is 2.55. The van der Waals surface area contributed by atoms with Crippen LogP contribution in [0.1, 0.15) is 30.0 Å². The summed E-state index contributed by atoms with van der Waals surface area (Å²) >= 11 is 0. The Morgan fingerprint density at radius 2 is 2.10 bits per heavy atom. The van der Waals surface area contributed by atoms with Gasteiger partial charge in [-0.3, -0.25) is 5.10 Å². The van der Waals surface area contributed by atoms with E-state index in [4.69, 9.17) is 0 Å². The van der Waals surface area contributed by atoms with Crippen LogP contribution in [-0.2, 0) is 0 Å². The van der Waals surface area contributed by atoms with Gasteiger partial charge >= 0.3 is 6.03 Å². The quantitative estimate of drug-likeness (QED) is 0.803. The van der Waals surface area contributed by atoms with Crippen molar-refractivity contribution in [2.24, 2.45) is 0 Å². The Balaban J connectivity index is 1.68. The molecule has 0 bridgehead atoms. The minimum Gasteiger partial charge on any atom is -0.305 e. The van der Waals surface area contributed by atoms with Crippen molar-refractivity contribution in [3.05, 3.63) is 41.5 Å². The molecule has 1 aromatic carbocycles. The van der Waals surface area contributed by atoms with Crippen LogP contribution in [0.4, 0.5) is 20.6 Å². The average Bonchev–Trinajstić information content (AvgIpc) is 3.14. The van der Waals surface area contributed by atoms with Crippen LogP contribution in [0.5, 0.6) is 0 Å². The number of carbonyl (C=O) groups is 1. The summed E-state index contributed by atoms with van der Waals surface area (Å²) in [6.07, 6.45) is 3.77. The molecule has 3 N–H and O–H groups in total. The number of nitrogens with zero attached hydrogens (tertiary/aromatic N) is 1. The fourth-order valence-corrected chi connectivity index (χ4v) is 2.08. The van der Waals surface area contributed by atoms with Gasteiger partial charge < -0.3 is 10.6 Å². The Labute approximate surface area is 115 Å². The van der Waals surface area contributed by atoms with Crippen LogP contribution in [0.15, 0.2) is 24.4 Å². The van der Waals surface area contributed by atoms with Gasteiger partial charge in [0, 0.05) is 5.92 Å². The Hall–Kier alpha value is -2.37. The largest absolute Gasteiger partial charge is 0.323 e. The van der Waals surface area contributed by atoms with E-state index in [9.17, 15) is 9.18 Å². The third kappa shape index (κ3) is 2.64. The van der Waals surface area contributed by atoms with Crippen LogP contribution >= 0.6 is 0 Å². The molecule has 6 heteroatoms. The van der Waals surface area contributed by atoms with Crippen LogP contribution in [0.25, 0.3) is 0 Å². The Bertz CT molecular complexity index is 648. The maximum atomic E-state index is 13.6. The molecule has 104 valence electrons. The number of H-pyrrole nitrogens is 1. The van der Waals surface area contributed by atoms with E-state index in [-0.39, 0.29) is 5.69 Å². The van der Waals surface area contributed by atoms with Crippen molar-refractivity contribution in [3.63, 3.8) is 0 Å². The molecule has 1 aromatic heterocycles. The number of rotatable bonds is 3. The number of amides is 2. The van der Waals surface area contributed by atoms with Gasteiger partial charge in [0.1, 0.15) is 5.82 Å². The van der Waals surface area contributed by atoms with Crippen LogP contribution < -0.4 is 10.6 Å². The number of aromatic amines is 1. The SMILES string of the molecule is Cc1ccc(NC(=O)Nc2cn[nH]c2C2CC2)c(F)c1. The number of hydrogen-bond donors (Lipinski definition) is 3. The summed E-state index contributed by atoms with van der Waals surface area (Å²) in [6.45, 7) is 1.79. The van der Waals surface area contributed by atoms with Gasteiger partial charge in [-0.05, 0) is 37.5 Å². The topological polar surface area (TPSA) is 69.8 Å². The number of aryl methyl sites for hydroxylation is 1.